The third-order valence-corrected chi connectivity index (χ3v) is 4.17. The predicted molar refractivity (Wildman–Crippen MR) is 94.1 cm³/mol. The van der Waals surface area contributed by atoms with Gasteiger partial charge in [0.1, 0.15) is 11.5 Å². The molecule has 9 heteroatoms. The van der Waals surface area contributed by atoms with E-state index in [0.717, 1.165) is 0 Å². The van der Waals surface area contributed by atoms with Gasteiger partial charge in [0.2, 0.25) is 5.91 Å². The van der Waals surface area contributed by atoms with Crippen LogP contribution in [-0.4, -0.2) is 37.1 Å². The van der Waals surface area contributed by atoms with E-state index >= 15 is 0 Å². The summed E-state index contributed by atoms with van der Waals surface area (Å²) in [4.78, 5) is 22.8. The van der Waals surface area contributed by atoms with Crippen LogP contribution in [0, 0.1) is 0 Å². The Morgan fingerprint density at radius 1 is 1.30 bits per heavy atom. The van der Waals surface area contributed by atoms with Gasteiger partial charge in [-0.1, -0.05) is 23.7 Å². The quantitative estimate of drug-likeness (QED) is 0.590. The molecule has 1 amide bonds. The number of hydrogen-bond donors (Lipinski definition) is 1. The number of furan rings is 1. The van der Waals surface area contributed by atoms with Crippen molar-refractivity contribution in [3.8, 4) is 11.3 Å². The Balaban J connectivity index is 1.60. The van der Waals surface area contributed by atoms with Crippen LogP contribution in [-0.2, 0) is 14.3 Å². The largest absolute Gasteiger partial charge is 0.545 e. The molecule has 0 bridgehead atoms. The van der Waals surface area contributed by atoms with Crippen molar-refractivity contribution in [2.24, 2.45) is 5.10 Å². The number of aromatic carboxylic acids is 1. The number of carboxylic acids is 1. The molecule has 1 saturated heterocycles. The molecule has 0 radical (unpaired) electrons. The van der Waals surface area contributed by atoms with Crippen LogP contribution in [0.25, 0.3) is 11.3 Å². The average molecular weight is 392 g/mol. The van der Waals surface area contributed by atoms with Crippen molar-refractivity contribution in [1.82, 2.24) is 5.43 Å². The third-order valence-electron chi connectivity index (χ3n) is 3.86. The molecule has 1 fully saturated rings. The number of ether oxygens (including phenoxy) is 2. The van der Waals surface area contributed by atoms with E-state index in [9.17, 15) is 14.7 Å². The van der Waals surface area contributed by atoms with Gasteiger partial charge >= 0.3 is 0 Å². The Morgan fingerprint density at radius 3 is 2.70 bits per heavy atom. The second-order valence-electron chi connectivity index (χ2n) is 5.98. The van der Waals surface area contributed by atoms with E-state index in [0.29, 0.717) is 30.3 Å². The molecule has 2 aromatic rings. The molecule has 0 spiro atoms. The summed E-state index contributed by atoms with van der Waals surface area (Å²) in [6.07, 6.45) is 1.37. The number of carbonyl (C=O) groups is 2. The molecule has 1 N–H and O–H groups in total. The van der Waals surface area contributed by atoms with Crippen LogP contribution in [0.2, 0.25) is 5.02 Å². The predicted octanol–water partition coefficient (Wildman–Crippen LogP) is 1.57. The molecule has 1 aromatic carbocycles. The summed E-state index contributed by atoms with van der Waals surface area (Å²) in [6.45, 7) is 2.60. The van der Waals surface area contributed by atoms with Crippen LogP contribution in [0.4, 0.5) is 0 Å². The first kappa shape index (κ1) is 19.1. The Labute approximate surface area is 159 Å². The first-order valence-electron chi connectivity index (χ1n) is 8.07. The van der Waals surface area contributed by atoms with E-state index in [2.05, 4.69) is 10.5 Å². The average Bonchev–Trinajstić information content (AvgIpc) is 3.23. The lowest BCUT2D eigenvalue weighted by molar-refractivity contribution is -0.255. The molecule has 0 saturated carbocycles. The molecule has 1 aromatic heterocycles. The van der Waals surface area contributed by atoms with Gasteiger partial charge in [-0.05, 0) is 25.1 Å². The number of benzene rings is 1. The zero-order valence-corrected chi connectivity index (χ0v) is 15.1. The van der Waals surface area contributed by atoms with Gasteiger partial charge in [-0.2, -0.15) is 5.10 Å². The number of carbonyl (C=O) groups excluding carboxylic acids is 2. The molecule has 1 aliphatic rings. The Bertz CT molecular complexity index is 886. The third kappa shape index (κ3) is 4.73. The van der Waals surface area contributed by atoms with Gasteiger partial charge < -0.3 is 23.8 Å². The van der Waals surface area contributed by atoms with Crippen LogP contribution >= 0.6 is 11.6 Å². The second kappa shape index (κ2) is 7.91. The lowest BCUT2D eigenvalue weighted by atomic mass is 10.1. The summed E-state index contributed by atoms with van der Waals surface area (Å²) >= 11 is 5.92. The lowest BCUT2D eigenvalue weighted by Gasteiger charge is -2.20. The minimum atomic E-state index is -1.35. The molecule has 142 valence electrons. The minimum absolute atomic E-state index is 0.0248. The summed E-state index contributed by atoms with van der Waals surface area (Å²) in [6, 6.07) is 7.69. The van der Waals surface area contributed by atoms with E-state index in [1.807, 2.05) is 0 Å². The zero-order chi connectivity index (χ0) is 19.4. The molecule has 2 heterocycles. The number of nitrogens with one attached hydrogen (secondary N) is 1. The molecule has 3 rings (SSSR count). The van der Waals surface area contributed by atoms with Gasteiger partial charge in [0.05, 0.1) is 36.8 Å². The normalized spacial score (nSPS) is 15.9. The SMILES string of the molecule is CC1(CC(=O)N/N=C\c2ccc(-c3ccc(C(=O)[O-])c(Cl)c3)o2)OCCO1. The number of amides is 1. The number of carboxylic acid groups (broad SMARTS) is 1. The van der Waals surface area contributed by atoms with Gasteiger partial charge in [0, 0.05) is 11.1 Å². The summed E-state index contributed by atoms with van der Waals surface area (Å²) in [7, 11) is 0. The van der Waals surface area contributed by atoms with Gasteiger partial charge in [-0.3, -0.25) is 4.79 Å². The maximum absolute atomic E-state index is 11.9. The fourth-order valence-electron chi connectivity index (χ4n) is 2.57. The minimum Gasteiger partial charge on any atom is -0.545 e. The first-order chi connectivity index (χ1) is 12.9. The summed E-state index contributed by atoms with van der Waals surface area (Å²) in [5, 5.41) is 14.8. The topological polar surface area (TPSA) is 113 Å². The Kier molecular flexibility index (Phi) is 5.59. The van der Waals surface area contributed by atoms with Crippen molar-refractivity contribution in [1.29, 1.82) is 0 Å². The number of halogens is 1. The highest BCUT2D eigenvalue weighted by Gasteiger charge is 2.33. The van der Waals surface area contributed by atoms with Crippen molar-refractivity contribution in [3.63, 3.8) is 0 Å². The number of hydrogen-bond acceptors (Lipinski definition) is 7. The molecule has 0 aliphatic carbocycles. The smallest absolute Gasteiger partial charge is 0.245 e. The highest BCUT2D eigenvalue weighted by molar-refractivity contribution is 6.33. The molecule has 0 atom stereocenters. The van der Waals surface area contributed by atoms with E-state index in [1.54, 1.807) is 25.1 Å². The van der Waals surface area contributed by atoms with Gasteiger partial charge in [-0.15, -0.1) is 0 Å². The Morgan fingerprint density at radius 2 is 2.04 bits per heavy atom. The Hall–Kier alpha value is -2.68. The second-order valence-corrected chi connectivity index (χ2v) is 6.39. The molecule has 8 nitrogen and oxygen atoms in total. The van der Waals surface area contributed by atoms with E-state index in [4.69, 9.17) is 25.5 Å². The molecular formula is C18H16ClN2O6-. The first-order valence-corrected chi connectivity index (χ1v) is 8.45. The van der Waals surface area contributed by atoms with Crippen LogP contribution in [0.15, 0.2) is 39.9 Å². The maximum Gasteiger partial charge on any atom is 0.245 e. The van der Waals surface area contributed by atoms with Crippen molar-refractivity contribution in [2.75, 3.05) is 13.2 Å². The maximum atomic E-state index is 11.9. The number of rotatable bonds is 6. The summed E-state index contributed by atoms with van der Waals surface area (Å²) in [5.41, 5.74) is 2.88. The van der Waals surface area contributed by atoms with E-state index in [1.165, 1.54) is 18.3 Å². The van der Waals surface area contributed by atoms with Crippen molar-refractivity contribution in [2.45, 2.75) is 19.1 Å². The van der Waals surface area contributed by atoms with Crippen LogP contribution in [0.1, 0.15) is 29.5 Å². The monoisotopic (exact) mass is 391 g/mol. The van der Waals surface area contributed by atoms with Crippen LogP contribution < -0.4 is 10.5 Å². The van der Waals surface area contributed by atoms with Crippen LogP contribution in [0.3, 0.4) is 0 Å². The van der Waals surface area contributed by atoms with E-state index < -0.39 is 11.8 Å². The number of nitrogens with zero attached hydrogens (tertiary/aromatic N) is 1. The fourth-order valence-corrected chi connectivity index (χ4v) is 2.83. The van der Waals surface area contributed by atoms with Crippen molar-refractivity contribution in [3.05, 3.63) is 46.7 Å². The van der Waals surface area contributed by atoms with Gasteiger partial charge in [0.25, 0.3) is 0 Å². The highest BCUT2D eigenvalue weighted by Crippen LogP contribution is 2.27. The fraction of sp³-hybridized carbons (Fsp3) is 0.278. The molecule has 1 aliphatic heterocycles. The van der Waals surface area contributed by atoms with Gasteiger partial charge in [-0.25, -0.2) is 5.43 Å². The molecular weight excluding hydrogens is 376 g/mol. The summed E-state index contributed by atoms with van der Waals surface area (Å²) < 4.78 is 16.3. The summed E-state index contributed by atoms with van der Waals surface area (Å²) in [5.74, 6) is -1.77. The standard InChI is InChI=1S/C18H17ClN2O6/c1-18(25-6-7-26-18)9-16(22)21-20-10-12-3-5-15(27-12)11-2-4-13(17(23)24)14(19)8-11/h2-5,8,10H,6-7,9H2,1H3,(H,21,22)(H,23,24)/p-1/b20-10-. The van der Waals surface area contributed by atoms with Crippen molar-refractivity contribution < 1.29 is 28.6 Å². The zero-order valence-electron chi connectivity index (χ0n) is 14.4. The number of hydrazone groups is 1. The van der Waals surface area contributed by atoms with Crippen LogP contribution in [0.5, 0.6) is 0 Å². The molecule has 0 unspecified atom stereocenters. The van der Waals surface area contributed by atoms with Crippen molar-refractivity contribution >= 4 is 29.7 Å². The molecule has 27 heavy (non-hydrogen) atoms. The van der Waals surface area contributed by atoms with Gasteiger partial charge in [0.15, 0.2) is 5.79 Å². The van der Waals surface area contributed by atoms with E-state index in [-0.39, 0.29) is 22.9 Å². The lowest BCUT2D eigenvalue weighted by Crippen LogP contribution is -2.33. The highest BCUT2D eigenvalue weighted by atomic mass is 35.5.